The number of hydrogen-bond donors (Lipinski definition) is 1. The standard InChI is InChI=1S/C23H23NO2S/c1-3-26-22-13-12-18(23(25)24-20-9-7-8-17(2)14-20)15-19(22)16-27-21-10-5-4-6-11-21/h4-15H,3,16H2,1-2H3,(H,24,25). The van der Waals surface area contributed by atoms with Gasteiger partial charge in [-0.3, -0.25) is 4.79 Å². The lowest BCUT2D eigenvalue weighted by atomic mass is 10.1. The molecule has 0 fully saturated rings. The van der Waals surface area contributed by atoms with Crippen LogP contribution in [0.2, 0.25) is 0 Å². The second-order valence-electron chi connectivity index (χ2n) is 6.18. The van der Waals surface area contributed by atoms with Crippen LogP contribution >= 0.6 is 11.8 Å². The molecule has 3 aromatic rings. The summed E-state index contributed by atoms with van der Waals surface area (Å²) in [5.74, 6) is 1.45. The van der Waals surface area contributed by atoms with E-state index in [0.717, 1.165) is 28.3 Å². The largest absolute Gasteiger partial charge is 0.494 e. The van der Waals surface area contributed by atoms with Crippen LogP contribution in [0.15, 0.2) is 77.7 Å². The molecule has 4 heteroatoms. The van der Waals surface area contributed by atoms with E-state index < -0.39 is 0 Å². The topological polar surface area (TPSA) is 38.3 Å². The monoisotopic (exact) mass is 377 g/mol. The number of benzene rings is 3. The van der Waals surface area contributed by atoms with E-state index in [1.807, 2.05) is 74.5 Å². The van der Waals surface area contributed by atoms with Crippen LogP contribution in [0.3, 0.4) is 0 Å². The molecule has 0 unspecified atom stereocenters. The summed E-state index contributed by atoms with van der Waals surface area (Å²) >= 11 is 1.73. The highest BCUT2D eigenvalue weighted by Crippen LogP contribution is 2.29. The molecule has 3 rings (SSSR count). The first kappa shape index (κ1) is 19.1. The average molecular weight is 378 g/mol. The van der Waals surface area contributed by atoms with Crippen LogP contribution in [0.25, 0.3) is 0 Å². The van der Waals surface area contributed by atoms with E-state index in [9.17, 15) is 4.79 Å². The van der Waals surface area contributed by atoms with Gasteiger partial charge in [0.15, 0.2) is 0 Å². The number of anilines is 1. The summed E-state index contributed by atoms with van der Waals surface area (Å²) in [5.41, 5.74) is 3.56. The van der Waals surface area contributed by atoms with Gasteiger partial charge in [-0.25, -0.2) is 0 Å². The van der Waals surface area contributed by atoms with Gasteiger partial charge >= 0.3 is 0 Å². The van der Waals surface area contributed by atoms with Gasteiger partial charge in [0.05, 0.1) is 6.61 Å². The fourth-order valence-electron chi connectivity index (χ4n) is 2.73. The van der Waals surface area contributed by atoms with Gasteiger partial charge in [0.25, 0.3) is 5.91 Å². The minimum Gasteiger partial charge on any atom is -0.494 e. The fraction of sp³-hybridized carbons (Fsp3) is 0.174. The lowest BCUT2D eigenvalue weighted by Crippen LogP contribution is -2.12. The van der Waals surface area contributed by atoms with Gasteiger partial charge in [-0.15, -0.1) is 11.8 Å². The molecule has 3 nitrogen and oxygen atoms in total. The first-order chi connectivity index (χ1) is 13.2. The molecule has 0 heterocycles. The van der Waals surface area contributed by atoms with E-state index >= 15 is 0 Å². The fourth-order valence-corrected chi connectivity index (χ4v) is 3.63. The minimum atomic E-state index is -0.116. The number of carbonyl (C=O) groups excluding carboxylic acids is 1. The average Bonchev–Trinajstić information content (AvgIpc) is 2.68. The number of thioether (sulfide) groups is 1. The summed E-state index contributed by atoms with van der Waals surface area (Å²) in [5, 5.41) is 2.96. The Hall–Kier alpha value is -2.72. The first-order valence-corrected chi connectivity index (χ1v) is 9.96. The number of carbonyl (C=O) groups is 1. The van der Waals surface area contributed by atoms with Gasteiger partial charge in [0, 0.05) is 27.5 Å². The van der Waals surface area contributed by atoms with E-state index in [0.29, 0.717) is 12.2 Å². The molecular weight excluding hydrogens is 354 g/mol. The van der Waals surface area contributed by atoms with Crippen molar-refractivity contribution in [2.24, 2.45) is 0 Å². The summed E-state index contributed by atoms with van der Waals surface area (Å²) in [7, 11) is 0. The van der Waals surface area contributed by atoms with Crippen LogP contribution < -0.4 is 10.1 Å². The van der Waals surface area contributed by atoms with Crippen molar-refractivity contribution in [3.63, 3.8) is 0 Å². The Labute approximate surface area is 164 Å². The molecule has 0 saturated heterocycles. The van der Waals surface area contributed by atoms with Crippen LogP contribution in [-0.2, 0) is 5.75 Å². The van der Waals surface area contributed by atoms with E-state index in [2.05, 4.69) is 17.4 Å². The van der Waals surface area contributed by atoms with Crippen LogP contribution in [0.4, 0.5) is 5.69 Å². The number of rotatable bonds is 7. The molecule has 0 atom stereocenters. The number of nitrogens with one attached hydrogen (secondary N) is 1. The molecule has 0 radical (unpaired) electrons. The van der Waals surface area contributed by atoms with Crippen molar-refractivity contribution in [3.05, 3.63) is 89.5 Å². The third kappa shape index (κ3) is 5.38. The first-order valence-electron chi connectivity index (χ1n) is 8.97. The SMILES string of the molecule is CCOc1ccc(C(=O)Nc2cccc(C)c2)cc1CSc1ccccc1. The highest BCUT2D eigenvalue weighted by Gasteiger charge is 2.11. The van der Waals surface area contributed by atoms with Crippen LogP contribution in [0.1, 0.15) is 28.4 Å². The maximum Gasteiger partial charge on any atom is 0.255 e. The van der Waals surface area contributed by atoms with Crippen molar-refractivity contribution in [2.75, 3.05) is 11.9 Å². The van der Waals surface area contributed by atoms with Gasteiger partial charge in [-0.1, -0.05) is 30.3 Å². The second kappa shape index (κ2) is 9.28. The third-order valence-electron chi connectivity index (χ3n) is 4.04. The third-order valence-corrected chi connectivity index (χ3v) is 5.10. The molecular formula is C23H23NO2S. The molecule has 0 aromatic heterocycles. The molecule has 1 N–H and O–H groups in total. The zero-order valence-electron chi connectivity index (χ0n) is 15.6. The van der Waals surface area contributed by atoms with Crippen molar-refractivity contribution in [2.45, 2.75) is 24.5 Å². The van der Waals surface area contributed by atoms with Crippen LogP contribution in [0, 0.1) is 6.92 Å². The normalized spacial score (nSPS) is 10.4. The van der Waals surface area contributed by atoms with Crippen molar-refractivity contribution in [1.29, 1.82) is 0 Å². The quantitative estimate of drug-likeness (QED) is 0.518. The van der Waals surface area contributed by atoms with Gasteiger partial charge in [-0.05, 0) is 61.9 Å². The molecule has 0 spiro atoms. The smallest absolute Gasteiger partial charge is 0.255 e. The molecule has 3 aromatic carbocycles. The molecule has 0 saturated carbocycles. The Kier molecular flexibility index (Phi) is 6.55. The zero-order chi connectivity index (χ0) is 19.1. The van der Waals surface area contributed by atoms with E-state index in [1.54, 1.807) is 11.8 Å². The van der Waals surface area contributed by atoms with Gasteiger partial charge in [-0.2, -0.15) is 0 Å². The Morgan fingerprint density at radius 3 is 2.56 bits per heavy atom. The Morgan fingerprint density at radius 2 is 1.81 bits per heavy atom. The summed E-state index contributed by atoms with van der Waals surface area (Å²) in [6.45, 7) is 4.57. The minimum absolute atomic E-state index is 0.116. The number of ether oxygens (including phenoxy) is 1. The van der Waals surface area contributed by atoms with Gasteiger partial charge in [0.1, 0.15) is 5.75 Å². The Morgan fingerprint density at radius 1 is 1.00 bits per heavy atom. The predicted octanol–water partition coefficient (Wildman–Crippen LogP) is 5.94. The van der Waals surface area contributed by atoms with E-state index in [4.69, 9.17) is 4.74 Å². The van der Waals surface area contributed by atoms with Gasteiger partial charge < -0.3 is 10.1 Å². The van der Waals surface area contributed by atoms with E-state index in [1.165, 1.54) is 4.90 Å². The summed E-state index contributed by atoms with van der Waals surface area (Å²) in [6.07, 6.45) is 0. The Bertz CT molecular complexity index is 909. The lowest BCUT2D eigenvalue weighted by molar-refractivity contribution is 0.102. The van der Waals surface area contributed by atoms with Crippen LogP contribution in [-0.4, -0.2) is 12.5 Å². The maximum atomic E-state index is 12.7. The molecule has 138 valence electrons. The summed E-state index contributed by atoms with van der Waals surface area (Å²) in [4.78, 5) is 13.9. The second-order valence-corrected chi connectivity index (χ2v) is 7.23. The maximum absolute atomic E-state index is 12.7. The highest BCUT2D eigenvalue weighted by molar-refractivity contribution is 7.98. The molecule has 0 aliphatic rings. The number of hydrogen-bond acceptors (Lipinski definition) is 3. The van der Waals surface area contributed by atoms with Crippen molar-refractivity contribution >= 4 is 23.4 Å². The predicted molar refractivity (Wildman–Crippen MR) is 113 cm³/mol. The molecule has 0 aliphatic heterocycles. The lowest BCUT2D eigenvalue weighted by Gasteiger charge is -2.13. The Balaban J connectivity index is 1.78. The molecule has 0 aliphatic carbocycles. The molecule has 27 heavy (non-hydrogen) atoms. The van der Waals surface area contributed by atoms with Crippen LogP contribution in [0.5, 0.6) is 5.75 Å². The molecule has 1 amide bonds. The number of aryl methyl sites for hydroxylation is 1. The summed E-state index contributed by atoms with van der Waals surface area (Å²) in [6, 6.07) is 23.6. The zero-order valence-corrected chi connectivity index (χ0v) is 16.4. The highest BCUT2D eigenvalue weighted by atomic mass is 32.2. The van der Waals surface area contributed by atoms with Crippen molar-refractivity contribution < 1.29 is 9.53 Å². The number of amides is 1. The van der Waals surface area contributed by atoms with Crippen molar-refractivity contribution in [1.82, 2.24) is 0 Å². The molecule has 0 bridgehead atoms. The van der Waals surface area contributed by atoms with Gasteiger partial charge in [0.2, 0.25) is 0 Å². The van der Waals surface area contributed by atoms with Crippen molar-refractivity contribution in [3.8, 4) is 5.75 Å². The summed E-state index contributed by atoms with van der Waals surface area (Å²) < 4.78 is 5.75. The van der Waals surface area contributed by atoms with E-state index in [-0.39, 0.29) is 5.91 Å².